The predicted octanol–water partition coefficient (Wildman–Crippen LogP) is 4.75. The van der Waals surface area contributed by atoms with E-state index in [1.165, 1.54) is 5.56 Å². The first-order valence-corrected chi connectivity index (χ1v) is 10.2. The normalized spacial score (nSPS) is 15.2. The number of ether oxygens (including phenoxy) is 2. The Hall–Kier alpha value is -2.63. The molecule has 1 aliphatic rings. The largest absolute Gasteiger partial charge is 0.489 e. The summed E-state index contributed by atoms with van der Waals surface area (Å²) in [5, 5.41) is 0.604. The van der Waals surface area contributed by atoms with E-state index < -0.39 is 0 Å². The van der Waals surface area contributed by atoms with Gasteiger partial charge in [-0.1, -0.05) is 29.8 Å². The summed E-state index contributed by atoms with van der Waals surface area (Å²) >= 11 is 5.98. The van der Waals surface area contributed by atoms with Crippen molar-refractivity contribution >= 4 is 11.6 Å². The molecule has 2 aromatic heterocycles. The monoisotopic (exact) mass is 409 g/mol. The lowest BCUT2D eigenvalue weighted by atomic mass is 10.1. The zero-order valence-electron chi connectivity index (χ0n) is 16.2. The first-order valence-electron chi connectivity index (χ1n) is 9.85. The van der Waals surface area contributed by atoms with Crippen LogP contribution in [0.3, 0.4) is 0 Å². The van der Waals surface area contributed by atoms with E-state index in [0.717, 1.165) is 49.5 Å². The van der Waals surface area contributed by atoms with E-state index in [1.54, 1.807) is 18.6 Å². The first-order chi connectivity index (χ1) is 14.2. The lowest BCUT2D eigenvalue weighted by Gasteiger charge is -2.32. The van der Waals surface area contributed by atoms with E-state index in [0.29, 0.717) is 11.6 Å². The fraction of sp³-hybridized carbons (Fsp3) is 0.304. The van der Waals surface area contributed by atoms with Crippen LogP contribution in [0.1, 0.15) is 24.0 Å². The van der Waals surface area contributed by atoms with Crippen LogP contribution in [0.25, 0.3) is 0 Å². The number of nitrogens with zero attached hydrogens (tertiary/aromatic N) is 3. The summed E-state index contributed by atoms with van der Waals surface area (Å²) in [7, 11) is 0. The second-order valence-corrected chi connectivity index (χ2v) is 7.66. The van der Waals surface area contributed by atoms with Crippen LogP contribution >= 0.6 is 11.6 Å². The Bertz CT molecular complexity index is 898. The number of hydrogen-bond donors (Lipinski definition) is 0. The van der Waals surface area contributed by atoms with Crippen LogP contribution in [0.2, 0.25) is 5.02 Å². The van der Waals surface area contributed by atoms with E-state index in [4.69, 9.17) is 21.1 Å². The van der Waals surface area contributed by atoms with Gasteiger partial charge in [0, 0.05) is 49.9 Å². The van der Waals surface area contributed by atoms with Crippen LogP contribution in [-0.2, 0) is 13.2 Å². The lowest BCUT2D eigenvalue weighted by molar-refractivity contribution is 0.0965. The minimum Gasteiger partial charge on any atom is -0.489 e. The topological polar surface area (TPSA) is 47.5 Å². The van der Waals surface area contributed by atoms with Gasteiger partial charge in [-0.25, -0.2) is 0 Å². The van der Waals surface area contributed by atoms with Crippen molar-refractivity contribution in [1.82, 2.24) is 14.9 Å². The molecule has 0 atom stereocenters. The molecule has 0 unspecified atom stereocenters. The van der Waals surface area contributed by atoms with E-state index in [-0.39, 0.29) is 6.10 Å². The SMILES string of the molecule is Clc1cncc(OC2CCN(Cc3ccc(OCc4cccnc4)cc3)CC2)c1. The second-order valence-electron chi connectivity index (χ2n) is 7.23. The number of likely N-dealkylation sites (tertiary alicyclic amines) is 1. The molecule has 5 nitrogen and oxygen atoms in total. The molecule has 1 aliphatic heterocycles. The predicted molar refractivity (Wildman–Crippen MR) is 113 cm³/mol. The molecular formula is C23H24ClN3O2. The summed E-state index contributed by atoms with van der Waals surface area (Å²) in [5.41, 5.74) is 2.35. The van der Waals surface area contributed by atoms with E-state index >= 15 is 0 Å². The number of halogens is 1. The van der Waals surface area contributed by atoms with Gasteiger partial charge in [-0.2, -0.15) is 0 Å². The lowest BCUT2D eigenvalue weighted by Crippen LogP contribution is -2.37. The second kappa shape index (κ2) is 9.72. The number of piperidine rings is 1. The van der Waals surface area contributed by atoms with Crippen LogP contribution in [0, 0.1) is 0 Å². The number of pyridine rings is 2. The molecule has 1 fully saturated rings. The number of benzene rings is 1. The van der Waals surface area contributed by atoms with Crippen molar-refractivity contribution in [3.8, 4) is 11.5 Å². The minimum atomic E-state index is 0.217. The molecule has 29 heavy (non-hydrogen) atoms. The van der Waals surface area contributed by atoms with Gasteiger partial charge in [0.2, 0.25) is 0 Å². The third-order valence-corrected chi connectivity index (χ3v) is 5.18. The first kappa shape index (κ1) is 19.7. The average Bonchev–Trinajstić information content (AvgIpc) is 2.75. The van der Waals surface area contributed by atoms with Gasteiger partial charge in [0.1, 0.15) is 24.2 Å². The molecule has 0 bridgehead atoms. The van der Waals surface area contributed by atoms with Crippen molar-refractivity contribution in [2.75, 3.05) is 13.1 Å². The maximum Gasteiger partial charge on any atom is 0.139 e. The molecule has 1 saturated heterocycles. The summed E-state index contributed by atoms with van der Waals surface area (Å²) in [6.07, 6.45) is 9.14. The van der Waals surface area contributed by atoms with Crippen LogP contribution < -0.4 is 9.47 Å². The zero-order valence-corrected chi connectivity index (χ0v) is 17.0. The third-order valence-electron chi connectivity index (χ3n) is 4.97. The van der Waals surface area contributed by atoms with Gasteiger partial charge in [0.15, 0.2) is 0 Å². The fourth-order valence-electron chi connectivity index (χ4n) is 3.43. The van der Waals surface area contributed by atoms with Crippen LogP contribution in [0.5, 0.6) is 11.5 Å². The third kappa shape index (κ3) is 5.92. The molecule has 3 aromatic rings. The van der Waals surface area contributed by atoms with Crippen molar-refractivity contribution in [1.29, 1.82) is 0 Å². The van der Waals surface area contributed by atoms with Crippen molar-refractivity contribution in [2.45, 2.75) is 32.1 Å². The van der Waals surface area contributed by atoms with E-state index in [2.05, 4.69) is 27.0 Å². The van der Waals surface area contributed by atoms with Gasteiger partial charge < -0.3 is 9.47 Å². The van der Waals surface area contributed by atoms with Gasteiger partial charge in [-0.05, 0) is 36.6 Å². The molecule has 0 radical (unpaired) electrons. The summed E-state index contributed by atoms with van der Waals surface area (Å²) < 4.78 is 11.9. The van der Waals surface area contributed by atoms with Crippen LogP contribution in [-0.4, -0.2) is 34.1 Å². The minimum absolute atomic E-state index is 0.217. The Kier molecular flexibility index (Phi) is 6.60. The summed E-state index contributed by atoms with van der Waals surface area (Å²) in [4.78, 5) is 10.6. The highest BCUT2D eigenvalue weighted by Gasteiger charge is 2.20. The summed E-state index contributed by atoms with van der Waals surface area (Å²) in [5.74, 6) is 1.62. The number of rotatable bonds is 7. The van der Waals surface area contributed by atoms with Gasteiger partial charge in [-0.3, -0.25) is 14.9 Å². The Morgan fingerprint density at radius 1 is 0.931 bits per heavy atom. The Labute approximate surface area is 176 Å². The molecule has 0 N–H and O–H groups in total. The fourth-order valence-corrected chi connectivity index (χ4v) is 3.60. The summed E-state index contributed by atoms with van der Waals surface area (Å²) in [6.45, 7) is 3.49. The van der Waals surface area contributed by atoms with Gasteiger partial charge in [-0.15, -0.1) is 0 Å². The molecule has 0 aliphatic carbocycles. The van der Waals surface area contributed by atoms with Crippen molar-refractivity contribution < 1.29 is 9.47 Å². The van der Waals surface area contributed by atoms with Gasteiger partial charge >= 0.3 is 0 Å². The number of aromatic nitrogens is 2. The van der Waals surface area contributed by atoms with Crippen molar-refractivity contribution in [3.05, 3.63) is 83.4 Å². The van der Waals surface area contributed by atoms with Gasteiger partial charge in [0.05, 0.1) is 11.2 Å². The quantitative estimate of drug-likeness (QED) is 0.563. The van der Waals surface area contributed by atoms with E-state index in [1.807, 2.05) is 36.5 Å². The molecule has 4 rings (SSSR count). The van der Waals surface area contributed by atoms with Crippen molar-refractivity contribution in [3.63, 3.8) is 0 Å². The molecule has 1 aromatic carbocycles. The molecule has 6 heteroatoms. The zero-order chi connectivity index (χ0) is 19.9. The molecule has 0 spiro atoms. The molecule has 0 amide bonds. The molecule has 150 valence electrons. The average molecular weight is 410 g/mol. The molecular weight excluding hydrogens is 386 g/mol. The molecule has 3 heterocycles. The Morgan fingerprint density at radius 3 is 2.48 bits per heavy atom. The van der Waals surface area contributed by atoms with E-state index in [9.17, 15) is 0 Å². The smallest absolute Gasteiger partial charge is 0.139 e. The highest BCUT2D eigenvalue weighted by atomic mass is 35.5. The standard InChI is InChI=1S/C23H24ClN3O2/c24-20-12-23(15-26-14-20)29-22-7-10-27(11-8-22)16-18-3-5-21(6-4-18)28-17-19-2-1-9-25-13-19/h1-6,9,12-15,22H,7-8,10-11,16-17H2. The number of hydrogen-bond acceptors (Lipinski definition) is 5. The van der Waals surface area contributed by atoms with Crippen molar-refractivity contribution in [2.24, 2.45) is 0 Å². The maximum atomic E-state index is 6.02. The maximum absolute atomic E-state index is 6.02. The van der Waals surface area contributed by atoms with Crippen LogP contribution in [0.15, 0.2) is 67.3 Å². The molecule has 0 saturated carbocycles. The Morgan fingerprint density at radius 2 is 1.76 bits per heavy atom. The Balaban J connectivity index is 1.22. The van der Waals surface area contributed by atoms with Gasteiger partial charge in [0.25, 0.3) is 0 Å². The summed E-state index contributed by atoms with van der Waals surface area (Å²) in [6, 6.07) is 14.1. The highest BCUT2D eigenvalue weighted by molar-refractivity contribution is 6.30. The van der Waals surface area contributed by atoms with Crippen LogP contribution in [0.4, 0.5) is 0 Å². The highest BCUT2D eigenvalue weighted by Crippen LogP contribution is 2.22.